The van der Waals surface area contributed by atoms with E-state index in [2.05, 4.69) is 112 Å². The maximum Gasteiger partial charge on any atom is 0.280 e. The molecule has 4 aromatic rings. The number of amides is 2. The highest BCUT2D eigenvalue weighted by atomic mass is 32.2. The molecule has 7 heteroatoms. The zero-order chi connectivity index (χ0) is 31.6. The minimum absolute atomic E-state index is 0.149. The van der Waals surface area contributed by atoms with Gasteiger partial charge >= 0.3 is 0 Å². The molecule has 4 aromatic carbocycles. The standard InChI is InChI=1S/C37H42N2O3SSi/c1-34(2,3)39-33(41)36(42-4,38-32(40)27-28-19-11-7-12-20-28)37(39,44(5)6)43-35(29-21-13-8-14-22-29,30-23-15-9-16-24-30)31-25-17-10-18-26-31/h7-26,44H,27H2,1-6H3,(H,38,40)/t36-,37-/m0/s1. The normalized spacial score (nSPS) is 20.3. The zero-order valence-corrected chi connectivity index (χ0v) is 28.4. The van der Waals surface area contributed by atoms with Gasteiger partial charge in [-0.05, 0) is 43.0 Å². The van der Waals surface area contributed by atoms with E-state index in [4.69, 9.17) is 4.74 Å². The number of nitrogens with one attached hydrogen (secondary N) is 1. The van der Waals surface area contributed by atoms with Gasteiger partial charge in [0.1, 0.15) is 4.49 Å². The number of carbonyl (C=O) groups is 2. The van der Waals surface area contributed by atoms with Crippen molar-refractivity contribution in [2.75, 3.05) is 7.11 Å². The summed E-state index contributed by atoms with van der Waals surface area (Å²) in [5.74, 6) is -0.463. The summed E-state index contributed by atoms with van der Waals surface area (Å²) in [4.78, 5) is 30.4. The molecule has 0 bridgehead atoms. The largest absolute Gasteiger partial charge is 0.348 e. The third-order valence-corrected chi connectivity index (χ3v) is 14.3. The highest BCUT2D eigenvalue weighted by molar-refractivity contribution is 8.03. The second kappa shape index (κ2) is 12.4. The van der Waals surface area contributed by atoms with Gasteiger partial charge in [-0.15, -0.1) is 11.8 Å². The van der Waals surface area contributed by atoms with Gasteiger partial charge in [-0.1, -0.05) is 134 Å². The number of ether oxygens (including phenoxy) is 1. The van der Waals surface area contributed by atoms with E-state index in [1.165, 1.54) is 0 Å². The smallest absolute Gasteiger partial charge is 0.280 e. The molecule has 44 heavy (non-hydrogen) atoms. The Balaban J connectivity index is 1.78. The molecule has 1 heterocycles. The van der Waals surface area contributed by atoms with Crippen LogP contribution in [-0.4, -0.2) is 48.4 Å². The first kappa shape index (κ1) is 31.8. The van der Waals surface area contributed by atoms with Crippen LogP contribution in [0.4, 0.5) is 0 Å². The molecule has 0 radical (unpaired) electrons. The summed E-state index contributed by atoms with van der Waals surface area (Å²) in [7, 11) is -0.381. The summed E-state index contributed by atoms with van der Waals surface area (Å²) in [6.07, 6.45) is 0.149. The number of methoxy groups -OCH3 is 1. The molecule has 5 nitrogen and oxygen atoms in total. The van der Waals surface area contributed by atoms with Gasteiger partial charge in [0, 0.05) is 12.6 Å². The van der Waals surface area contributed by atoms with Crippen LogP contribution in [-0.2, 0) is 25.5 Å². The average molecular weight is 623 g/mol. The summed E-state index contributed by atoms with van der Waals surface area (Å²) >= 11 is 1.74. The molecule has 2 amide bonds. The Morgan fingerprint density at radius 1 is 0.773 bits per heavy atom. The molecule has 1 saturated heterocycles. The van der Waals surface area contributed by atoms with Crippen LogP contribution in [0.5, 0.6) is 0 Å². The topological polar surface area (TPSA) is 58.6 Å². The van der Waals surface area contributed by atoms with Gasteiger partial charge in [0.15, 0.2) is 0 Å². The lowest BCUT2D eigenvalue weighted by Crippen LogP contribution is -2.93. The third kappa shape index (κ3) is 5.21. The molecular formula is C37H42N2O3SSi. The highest BCUT2D eigenvalue weighted by Gasteiger charge is 2.78. The summed E-state index contributed by atoms with van der Waals surface area (Å²) in [5, 5.41) is 3.19. The molecule has 0 unspecified atom stereocenters. The van der Waals surface area contributed by atoms with Crippen LogP contribution >= 0.6 is 11.8 Å². The van der Waals surface area contributed by atoms with Crippen molar-refractivity contribution in [3.63, 3.8) is 0 Å². The third-order valence-electron chi connectivity index (χ3n) is 8.47. The lowest BCUT2D eigenvalue weighted by Gasteiger charge is -2.69. The van der Waals surface area contributed by atoms with Crippen molar-refractivity contribution in [2.45, 2.75) is 60.8 Å². The second-order valence-electron chi connectivity index (χ2n) is 12.6. The Bertz CT molecular complexity index is 1480. The van der Waals surface area contributed by atoms with E-state index in [1.54, 1.807) is 18.9 Å². The van der Waals surface area contributed by atoms with Crippen molar-refractivity contribution in [1.82, 2.24) is 10.2 Å². The number of likely N-dealkylation sites (tertiary alicyclic amines) is 1. The zero-order valence-electron chi connectivity index (χ0n) is 26.4. The fraction of sp³-hybridized carbons (Fsp3) is 0.297. The molecule has 1 aliphatic heterocycles. The summed E-state index contributed by atoms with van der Waals surface area (Å²) in [6, 6.07) is 41.0. The van der Waals surface area contributed by atoms with Crippen LogP contribution in [0.3, 0.4) is 0 Å². The van der Waals surface area contributed by atoms with Crippen molar-refractivity contribution in [2.24, 2.45) is 0 Å². The number of thioether (sulfide) groups is 1. The van der Waals surface area contributed by atoms with Gasteiger partial charge in [0.05, 0.1) is 20.0 Å². The van der Waals surface area contributed by atoms with Crippen LogP contribution < -0.4 is 5.32 Å². The molecule has 5 rings (SSSR count). The molecule has 0 spiro atoms. The van der Waals surface area contributed by atoms with Crippen molar-refractivity contribution < 1.29 is 14.3 Å². The monoisotopic (exact) mass is 622 g/mol. The minimum Gasteiger partial charge on any atom is -0.348 e. The van der Waals surface area contributed by atoms with Crippen molar-refractivity contribution in [3.05, 3.63) is 144 Å². The number of β-lactam (4-membered cyclic amide) rings is 1. The molecular weight excluding hydrogens is 581 g/mol. The van der Waals surface area contributed by atoms with E-state index in [-0.39, 0.29) is 18.2 Å². The molecule has 0 aromatic heterocycles. The molecule has 0 aliphatic carbocycles. The number of hydrogen-bond acceptors (Lipinski definition) is 4. The SMILES string of the molecule is CO[C@@]1(NC(=O)Cc2ccccc2)C(=O)N(C(C)(C)C)[C@@]1(SC(c1ccccc1)(c1ccccc1)c1ccccc1)[SiH](C)C. The average Bonchev–Trinajstić information content (AvgIpc) is 3.02. The van der Waals surface area contributed by atoms with Gasteiger partial charge in [-0.3, -0.25) is 9.59 Å². The lowest BCUT2D eigenvalue weighted by molar-refractivity contribution is -0.214. The summed E-state index contributed by atoms with van der Waals surface area (Å²) in [6.45, 7) is 10.7. The minimum atomic E-state index is -1.94. The second-order valence-corrected chi connectivity index (χ2v) is 17.6. The Morgan fingerprint density at radius 2 is 1.18 bits per heavy atom. The van der Waals surface area contributed by atoms with E-state index in [0.717, 1.165) is 22.3 Å². The Kier molecular flexibility index (Phi) is 8.94. The van der Waals surface area contributed by atoms with Crippen molar-refractivity contribution >= 4 is 32.4 Å². The number of rotatable bonds is 10. The molecule has 2 atom stereocenters. The maximum atomic E-state index is 14.6. The van der Waals surface area contributed by atoms with Crippen LogP contribution in [0.15, 0.2) is 121 Å². The number of hydrogen-bond donors (Lipinski definition) is 1. The first-order valence-electron chi connectivity index (χ1n) is 15.1. The molecule has 228 valence electrons. The van der Waals surface area contributed by atoms with E-state index in [9.17, 15) is 9.59 Å². The first-order valence-corrected chi connectivity index (χ1v) is 18.8. The lowest BCUT2D eigenvalue weighted by atomic mass is 9.84. The van der Waals surface area contributed by atoms with Crippen LogP contribution in [0.2, 0.25) is 13.1 Å². The van der Waals surface area contributed by atoms with Gasteiger partial charge in [-0.25, -0.2) is 0 Å². The Hall–Kier alpha value is -3.65. The number of carbonyl (C=O) groups excluding carboxylic acids is 2. The van der Waals surface area contributed by atoms with Crippen LogP contribution in [0, 0.1) is 0 Å². The van der Waals surface area contributed by atoms with Crippen LogP contribution in [0.1, 0.15) is 43.0 Å². The Labute approximate surface area is 267 Å². The first-order chi connectivity index (χ1) is 21.0. The van der Waals surface area contributed by atoms with Crippen LogP contribution in [0.25, 0.3) is 0 Å². The fourth-order valence-electron chi connectivity index (χ4n) is 6.65. The summed E-state index contributed by atoms with van der Waals surface area (Å²) in [5.41, 5.74) is 2.05. The molecule has 1 fully saturated rings. The van der Waals surface area contributed by atoms with E-state index in [0.29, 0.717) is 0 Å². The highest BCUT2D eigenvalue weighted by Crippen LogP contribution is 2.63. The van der Waals surface area contributed by atoms with Gasteiger partial charge < -0.3 is 15.0 Å². The van der Waals surface area contributed by atoms with Gasteiger partial charge in [0.2, 0.25) is 5.91 Å². The summed E-state index contributed by atoms with van der Waals surface area (Å²) < 4.78 is 4.72. The Morgan fingerprint density at radius 3 is 1.55 bits per heavy atom. The van der Waals surface area contributed by atoms with E-state index < -0.39 is 29.3 Å². The van der Waals surface area contributed by atoms with Gasteiger partial charge in [-0.2, -0.15) is 0 Å². The molecule has 1 aliphatic rings. The quantitative estimate of drug-likeness (QED) is 0.0918. The predicted octanol–water partition coefficient (Wildman–Crippen LogP) is 6.78. The molecule has 0 saturated carbocycles. The van der Waals surface area contributed by atoms with Crippen molar-refractivity contribution in [3.8, 4) is 0 Å². The van der Waals surface area contributed by atoms with Gasteiger partial charge in [0.25, 0.3) is 11.6 Å². The number of nitrogens with zero attached hydrogens (tertiary/aromatic N) is 1. The predicted molar refractivity (Wildman–Crippen MR) is 183 cm³/mol. The molecule has 1 N–H and O–H groups in total. The van der Waals surface area contributed by atoms with E-state index in [1.807, 2.05) is 53.4 Å². The van der Waals surface area contributed by atoms with Crippen molar-refractivity contribution in [1.29, 1.82) is 0 Å². The maximum absolute atomic E-state index is 14.6. The fourth-order valence-corrected chi connectivity index (χ4v) is 12.3. The number of benzene rings is 4. The van der Waals surface area contributed by atoms with E-state index >= 15 is 0 Å².